The SMILES string of the molecule is C=C1C(=O)[C@]2(C)C3=CC(=O)[C@@H]4[C@@H]5CC(C)(C)CC[C@]5(C(=O)OC)CC[C@@]4(C)[C@]3(C)CC[C@H]2[C@@](C)(CO)C1=O. The molecule has 0 saturated heterocycles. The van der Waals surface area contributed by atoms with Gasteiger partial charge < -0.3 is 9.84 Å². The number of rotatable bonds is 2. The van der Waals surface area contributed by atoms with Crippen molar-refractivity contribution in [3.63, 3.8) is 0 Å². The molecule has 8 atom stereocenters. The molecule has 0 aromatic carbocycles. The fourth-order valence-electron chi connectivity index (χ4n) is 10.2. The molecule has 38 heavy (non-hydrogen) atoms. The summed E-state index contributed by atoms with van der Waals surface area (Å²) >= 11 is 0. The zero-order chi connectivity index (χ0) is 28.3. The van der Waals surface area contributed by atoms with Crippen LogP contribution >= 0.6 is 0 Å². The molecule has 0 bridgehead atoms. The topological polar surface area (TPSA) is 97.7 Å². The Bertz CT molecular complexity index is 1190. The minimum absolute atomic E-state index is 0.00956. The fourth-order valence-corrected chi connectivity index (χ4v) is 10.2. The van der Waals surface area contributed by atoms with Gasteiger partial charge in [-0.05, 0) is 98.5 Å². The van der Waals surface area contributed by atoms with Crippen LogP contribution in [0.3, 0.4) is 0 Å². The molecule has 4 saturated carbocycles. The average Bonchev–Trinajstić information content (AvgIpc) is 2.87. The molecule has 0 aliphatic heterocycles. The summed E-state index contributed by atoms with van der Waals surface area (Å²) in [5.41, 5.74) is -3.09. The summed E-state index contributed by atoms with van der Waals surface area (Å²) in [7, 11) is 1.45. The minimum atomic E-state index is -1.12. The van der Waals surface area contributed by atoms with Crippen molar-refractivity contribution in [1.82, 2.24) is 0 Å². The Labute approximate surface area is 226 Å². The molecule has 1 N–H and O–H groups in total. The number of carbonyl (C=O) groups excluding carboxylic acids is 4. The Morgan fingerprint density at radius 1 is 1.00 bits per heavy atom. The van der Waals surface area contributed by atoms with E-state index in [1.165, 1.54) is 7.11 Å². The Morgan fingerprint density at radius 2 is 1.63 bits per heavy atom. The number of hydrogen-bond donors (Lipinski definition) is 1. The van der Waals surface area contributed by atoms with E-state index < -0.39 is 33.0 Å². The number of aliphatic hydroxyl groups is 1. The van der Waals surface area contributed by atoms with Crippen molar-refractivity contribution < 1.29 is 29.0 Å². The van der Waals surface area contributed by atoms with E-state index in [1.807, 2.05) is 6.92 Å². The predicted molar refractivity (Wildman–Crippen MR) is 143 cm³/mol. The van der Waals surface area contributed by atoms with Crippen LogP contribution in [0.1, 0.15) is 86.5 Å². The molecule has 208 valence electrons. The number of ether oxygens (including phenoxy) is 1. The van der Waals surface area contributed by atoms with Gasteiger partial charge in [-0.1, -0.05) is 34.3 Å². The van der Waals surface area contributed by atoms with Crippen LogP contribution < -0.4 is 0 Å². The van der Waals surface area contributed by atoms with Gasteiger partial charge in [-0.25, -0.2) is 0 Å². The normalized spacial score (nSPS) is 47.8. The van der Waals surface area contributed by atoms with Crippen LogP contribution in [-0.2, 0) is 23.9 Å². The van der Waals surface area contributed by atoms with E-state index in [0.29, 0.717) is 25.7 Å². The van der Waals surface area contributed by atoms with Crippen molar-refractivity contribution in [2.24, 2.45) is 50.2 Å². The van der Waals surface area contributed by atoms with Gasteiger partial charge in [0, 0.05) is 5.92 Å². The second-order valence-corrected chi connectivity index (χ2v) is 14.8. The summed E-state index contributed by atoms with van der Waals surface area (Å²) in [5, 5.41) is 10.4. The summed E-state index contributed by atoms with van der Waals surface area (Å²) in [6.45, 7) is 16.0. The van der Waals surface area contributed by atoms with Crippen molar-refractivity contribution in [2.45, 2.75) is 86.5 Å². The first-order valence-electron chi connectivity index (χ1n) is 14.2. The molecular weight excluding hydrogens is 480 g/mol. The van der Waals surface area contributed by atoms with E-state index in [4.69, 9.17) is 4.74 Å². The monoisotopic (exact) mass is 524 g/mol. The number of Topliss-reactive ketones (excluding diaryl/α,β-unsaturated/α-hetero) is 2. The highest BCUT2D eigenvalue weighted by Gasteiger charge is 2.73. The van der Waals surface area contributed by atoms with E-state index in [1.54, 1.807) is 13.0 Å². The van der Waals surface area contributed by atoms with Gasteiger partial charge >= 0.3 is 5.97 Å². The minimum Gasteiger partial charge on any atom is -0.469 e. The first-order valence-corrected chi connectivity index (χ1v) is 14.2. The van der Waals surface area contributed by atoms with Gasteiger partial charge in [0.05, 0.1) is 35.5 Å². The lowest BCUT2D eigenvalue weighted by molar-refractivity contribution is -0.192. The molecule has 0 amide bonds. The number of allylic oxidation sites excluding steroid dienone is 3. The number of methoxy groups -OCH3 is 1. The number of carbonyl (C=O) groups is 4. The van der Waals surface area contributed by atoms with Crippen LogP contribution in [0.15, 0.2) is 23.8 Å². The number of aliphatic hydroxyl groups excluding tert-OH is 1. The fraction of sp³-hybridized carbons (Fsp3) is 0.750. The third-order valence-electron chi connectivity index (χ3n) is 12.8. The van der Waals surface area contributed by atoms with Crippen LogP contribution in [-0.4, -0.2) is 42.1 Å². The van der Waals surface area contributed by atoms with Gasteiger partial charge in [0.2, 0.25) is 0 Å². The van der Waals surface area contributed by atoms with Crippen molar-refractivity contribution in [1.29, 1.82) is 0 Å². The molecule has 0 radical (unpaired) electrons. The van der Waals surface area contributed by atoms with Crippen molar-refractivity contribution in [3.05, 3.63) is 23.8 Å². The van der Waals surface area contributed by atoms with E-state index in [2.05, 4.69) is 34.3 Å². The van der Waals surface area contributed by atoms with Crippen LogP contribution in [0.25, 0.3) is 0 Å². The predicted octanol–water partition coefficient (Wildman–Crippen LogP) is 5.03. The first kappa shape index (κ1) is 27.5. The van der Waals surface area contributed by atoms with Crippen LogP contribution in [0, 0.1) is 50.2 Å². The molecule has 4 fully saturated rings. The summed E-state index contributed by atoms with van der Waals surface area (Å²) in [6.07, 6.45) is 6.79. The van der Waals surface area contributed by atoms with Gasteiger partial charge in [-0.3, -0.25) is 19.2 Å². The maximum absolute atomic E-state index is 14.4. The van der Waals surface area contributed by atoms with E-state index in [0.717, 1.165) is 24.8 Å². The van der Waals surface area contributed by atoms with Crippen LogP contribution in [0.4, 0.5) is 0 Å². The van der Waals surface area contributed by atoms with E-state index in [-0.39, 0.29) is 52.7 Å². The molecule has 6 nitrogen and oxygen atoms in total. The third-order valence-corrected chi connectivity index (χ3v) is 12.8. The molecule has 0 spiro atoms. The molecule has 0 unspecified atom stereocenters. The zero-order valence-corrected chi connectivity index (χ0v) is 24.2. The number of esters is 1. The molecule has 0 aromatic heterocycles. The smallest absolute Gasteiger partial charge is 0.312 e. The lowest BCUT2D eigenvalue weighted by atomic mass is 9.33. The Hall–Kier alpha value is -2.08. The van der Waals surface area contributed by atoms with Crippen LogP contribution in [0.2, 0.25) is 0 Å². The Kier molecular flexibility index (Phi) is 5.78. The van der Waals surface area contributed by atoms with Gasteiger partial charge in [-0.2, -0.15) is 0 Å². The lowest BCUT2D eigenvalue weighted by Gasteiger charge is -2.69. The molecule has 5 rings (SSSR count). The molecule has 5 aliphatic rings. The second-order valence-electron chi connectivity index (χ2n) is 14.8. The zero-order valence-electron chi connectivity index (χ0n) is 24.2. The summed E-state index contributed by atoms with van der Waals surface area (Å²) in [5.74, 6) is -1.80. The van der Waals surface area contributed by atoms with Gasteiger partial charge in [0.1, 0.15) is 0 Å². The Morgan fingerprint density at radius 3 is 2.24 bits per heavy atom. The van der Waals surface area contributed by atoms with Gasteiger partial charge in [0.25, 0.3) is 0 Å². The van der Waals surface area contributed by atoms with Crippen molar-refractivity contribution >= 4 is 23.3 Å². The largest absolute Gasteiger partial charge is 0.469 e. The maximum Gasteiger partial charge on any atom is 0.312 e. The van der Waals surface area contributed by atoms with Crippen molar-refractivity contribution in [3.8, 4) is 0 Å². The standard InChI is InChI=1S/C32H44O6/c1-18-24(35)28(4,17-33)21-9-10-29(5)22(31(21,7)25(18)36)15-20(34)23-19-16-27(2,3)11-13-32(19,26(37)38-8)14-12-30(23,29)6/h15,19,21,23,33H,1,9-14,16-17H2,2-8H3/t19-,21-,23-,28+,29+,30+,31-,32-/m0/s1. The highest BCUT2D eigenvalue weighted by Crippen LogP contribution is 2.74. The maximum atomic E-state index is 14.4. The van der Waals surface area contributed by atoms with E-state index in [9.17, 15) is 24.3 Å². The van der Waals surface area contributed by atoms with E-state index >= 15 is 0 Å². The molecule has 0 aromatic rings. The van der Waals surface area contributed by atoms with Crippen molar-refractivity contribution in [2.75, 3.05) is 13.7 Å². The molecule has 5 aliphatic carbocycles. The quantitative estimate of drug-likeness (QED) is 0.309. The molecule has 6 heteroatoms. The first-order chi connectivity index (χ1) is 17.5. The number of hydrogen-bond acceptors (Lipinski definition) is 6. The highest BCUT2D eigenvalue weighted by molar-refractivity contribution is 6.26. The van der Waals surface area contributed by atoms with Gasteiger partial charge in [0.15, 0.2) is 17.3 Å². The summed E-state index contributed by atoms with van der Waals surface area (Å²) in [6, 6.07) is 0. The van der Waals surface area contributed by atoms with Crippen LogP contribution in [0.5, 0.6) is 0 Å². The third kappa shape index (κ3) is 2.99. The molecular formula is C32H44O6. The Balaban J connectivity index is 1.70. The number of ketones is 3. The number of fused-ring (bicyclic) bond motifs is 7. The second kappa shape index (κ2) is 7.99. The molecule has 0 heterocycles. The summed E-state index contributed by atoms with van der Waals surface area (Å²) in [4.78, 5) is 54.9. The van der Waals surface area contributed by atoms with Gasteiger partial charge in [-0.15, -0.1) is 0 Å². The average molecular weight is 525 g/mol. The lowest BCUT2D eigenvalue weighted by Crippen LogP contribution is -2.68. The highest BCUT2D eigenvalue weighted by atomic mass is 16.5. The summed E-state index contributed by atoms with van der Waals surface area (Å²) < 4.78 is 5.38.